The number of thiazole rings is 1. The lowest BCUT2D eigenvalue weighted by molar-refractivity contribution is -0.0333. The Kier molecular flexibility index (Phi) is 8.11. The van der Waals surface area contributed by atoms with Gasteiger partial charge >= 0.3 is 0 Å². The van der Waals surface area contributed by atoms with Gasteiger partial charge in [-0.2, -0.15) is 0 Å². The van der Waals surface area contributed by atoms with Crippen molar-refractivity contribution in [3.8, 4) is 0 Å². The van der Waals surface area contributed by atoms with E-state index in [9.17, 15) is 0 Å². The smallest absolute Gasteiger partial charge is 0.191 e. The summed E-state index contributed by atoms with van der Waals surface area (Å²) in [6, 6.07) is 0. The van der Waals surface area contributed by atoms with Crippen molar-refractivity contribution < 1.29 is 4.74 Å². The average molecular weight is 408 g/mol. The molecule has 2 fully saturated rings. The number of hydrogen-bond donors (Lipinski definition) is 2. The second-order valence-corrected chi connectivity index (χ2v) is 9.29. The Balaban J connectivity index is 1.61. The van der Waals surface area contributed by atoms with Gasteiger partial charge in [-0.25, -0.2) is 4.98 Å². The summed E-state index contributed by atoms with van der Waals surface area (Å²) in [5.74, 6) is 0.944. The lowest BCUT2D eigenvalue weighted by atomic mass is 9.80. The molecule has 1 aromatic heterocycles. The zero-order valence-corrected chi connectivity index (χ0v) is 18.7. The number of guanidine groups is 1. The third-order valence-corrected chi connectivity index (χ3v) is 7.12. The molecule has 0 spiro atoms. The lowest BCUT2D eigenvalue weighted by Crippen LogP contribution is -2.56. The van der Waals surface area contributed by atoms with E-state index in [4.69, 9.17) is 9.73 Å². The molecule has 1 aromatic rings. The highest BCUT2D eigenvalue weighted by Crippen LogP contribution is 2.34. The van der Waals surface area contributed by atoms with Crippen molar-refractivity contribution in [1.29, 1.82) is 0 Å². The topological polar surface area (TPSA) is 61.8 Å². The maximum atomic E-state index is 5.60. The molecule has 0 atom stereocenters. The van der Waals surface area contributed by atoms with E-state index in [2.05, 4.69) is 41.3 Å². The minimum Gasteiger partial charge on any atom is -0.379 e. The fraction of sp³-hybridized carbons (Fsp3) is 0.810. The summed E-state index contributed by atoms with van der Waals surface area (Å²) in [4.78, 5) is 13.6. The van der Waals surface area contributed by atoms with E-state index < -0.39 is 0 Å². The van der Waals surface area contributed by atoms with Crippen LogP contribution >= 0.6 is 11.3 Å². The third kappa shape index (κ3) is 5.67. The van der Waals surface area contributed by atoms with Gasteiger partial charge in [-0.1, -0.05) is 19.3 Å². The minimum atomic E-state index is 0.218. The van der Waals surface area contributed by atoms with E-state index in [1.807, 2.05) is 0 Å². The van der Waals surface area contributed by atoms with Crippen LogP contribution in [0.1, 0.15) is 54.6 Å². The second kappa shape index (κ2) is 10.6. The molecule has 1 aliphatic carbocycles. The van der Waals surface area contributed by atoms with Crippen LogP contribution in [-0.2, 0) is 11.2 Å². The first-order valence-corrected chi connectivity index (χ1v) is 11.7. The molecule has 1 saturated carbocycles. The molecule has 0 bridgehead atoms. The zero-order valence-electron chi connectivity index (χ0n) is 17.9. The molecule has 7 heteroatoms. The van der Waals surface area contributed by atoms with Gasteiger partial charge in [-0.3, -0.25) is 9.89 Å². The van der Waals surface area contributed by atoms with Crippen LogP contribution in [0, 0.1) is 13.8 Å². The molecule has 2 N–H and O–H groups in total. The first kappa shape index (κ1) is 21.5. The van der Waals surface area contributed by atoms with Gasteiger partial charge in [0.25, 0.3) is 0 Å². The number of rotatable bonds is 7. The lowest BCUT2D eigenvalue weighted by Gasteiger charge is -2.47. The van der Waals surface area contributed by atoms with Crippen molar-refractivity contribution in [2.75, 3.05) is 45.9 Å². The quantitative estimate of drug-likeness (QED) is 0.538. The van der Waals surface area contributed by atoms with Crippen LogP contribution in [0.15, 0.2) is 4.99 Å². The molecule has 158 valence electrons. The third-order valence-electron chi connectivity index (χ3n) is 5.99. The summed E-state index contributed by atoms with van der Waals surface area (Å²) in [7, 11) is 0. The molecule has 1 aliphatic heterocycles. The van der Waals surface area contributed by atoms with Gasteiger partial charge in [-0.05, 0) is 33.6 Å². The van der Waals surface area contributed by atoms with Gasteiger partial charge in [0, 0.05) is 43.0 Å². The van der Waals surface area contributed by atoms with Crippen molar-refractivity contribution >= 4 is 17.3 Å². The Morgan fingerprint density at radius 1 is 1.18 bits per heavy atom. The van der Waals surface area contributed by atoms with E-state index in [0.717, 1.165) is 63.3 Å². The van der Waals surface area contributed by atoms with Gasteiger partial charge in [0.1, 0.15) is 0 Å². The second-order valence-electron chi connectivity index (χ2n) is 8.00. The van der Waals surface area contributed by atoms with E-state index in [0.29, 0.717) is 0 Å². The van der Waals surface area contributed by atoms with Crippen LogP contribution in [0.3, 0.4) is 0 Å². The summed E-state index contributed by atoms with van der Waals surface area (Å²) < 4.78 is 5.60. The van der Waals surface area contributed by atoms with Crippen LogP contribution in [0.4, 0.5) is 0 Å². The Labute approximate surface area is 174 Å². The van der Waals surface area contributed by atoms with Crippen LogP contribution in [0.2, 0.25) is 0 Å². The Bertz CT molecular complexity index is 633. The van der Waals surface area contributed by atoms with Crippen molar-refractivity contribution in [1.82, 2.24) is 20.5 Å². The first-order chi connectivity index (χ1) is 13.6. The Hall–Kier alpha value is -1.18. The molecule has 0 aromatic carbocycles. The number of hydrogen-bond acceptors (Lipinski definition) is 5. The Morgan fingerprint density at radius 2 is 1.93 bits per heavy atom. The van der Waals surface area contributed by atoms with Gasteiger partial charge in [0.2, 0.25) is 0 Å². The number of nitrogens with zero attached hydrogens (tertiary/aromatic N) is 3. The van der Waals surface area contributed by atoms with Gasteiger partial charge in [0.05, 0.1) is 30.5 Å². The molecule has 1 saturated heterocycles. The highest BCUT2D eigenvalue weighted by Gasteiger charge is 2.38. The molecule has 0 amide bonds. The molecule has 6 nitrogen and oxygen atoms in total. The normalized spacial score (nSPS) is 20.9. The highest BCUT2D eigenvalue weighted by molar-refractivity contribution is 7.11. The molecule has 2 aliphatic rings. The van der Waals surface area contributed by atoms with Gasteiger partial charge < -0.3 is 15.4 Å². The van der Waals surface area contributed by atoms with E-state index >= 15 is 0 Å². The van der Waals surface area contributed by atoms with Crippen LogP contribution < -0.4 is 10.6 Å². The maximum Gasteiger partial charge on any atom is 0.191 e. The number of ether oxygens (including phenoxy) is 1. The van der Waals surface area contributed by atoms with Crippen molar-refractivity contribution in [3.63, 3.8) is 0 Å². The van der Waals surface area contributed by atoms with Gasteiger partial charge in [-0.15, -0.1) is 11.3 Å². The van der Waals surface area contributed by atoms with E-state index in [1.54, 1.807) is 11.3 Å². The van der Waals surface area contributed by atoms with Crippen molar-refractivity contribution in [3.05, 3.63) is 15.6 Å². The van der Waals surface area contributed by atoms with Crippen LogP contribution in [-0.4, -0.2) is 67.3 Å². The van der Waals surface area contributed by atoms with E-state index in [-0.39, 0.29) is 5.54 Å². The number of aryl methyl sites for hydroxylation is 2. The predicted molar refractivity (Wildman–Crippen MR) is 117 cm³/mol. The fourth-order valence-electron chi connectivity index (χ4n) is 4.49. The van der Waals surface area contributed by atoms with Crippen molar-refractivity contribution in [2.45, 2.75) is 64.8 Å². The van der Waals surface area contributed by atoms with E-state index in [1.165, 1.54) is 42.7 Å². The molecule has 28 heavy (non-hydrogen) atoms. The largest absolute Gasteiger partial charge is 0.379 e. The fourth-order valence-corrected chi connectivity index (χ4v) is 5.43. The number of nitrogens with one attached hydrogen (secondary N) is 2. The minimum absolute atomic E-state index is 0.218. The summed E-state index contributed by atoms with van der Waals surface area (Å²) in [5.41, 5.74) is 1.38. The number of aromatic nitrogens is 1. The molecule has 3 rings (SSSR count). The molecule has 2 heterocycles. The van der Waals surface area contributed by atoms with Crippen LogP contribution in [0.25, 0.3) is 0 Å². The summed E-state index contributed by atoms with van der Waals surface area (Å²) in [6.45, 7) is 12.8. The molecular formula is C21H37N5OS. The summed E-state index contributed by atoms with van der Waals surface area (Å²) in [5, 5.41) is 8.12. The average Bonchev–Trinajstić information content (AvgIpc) is 3.04. The van der Waals surface area contributed by atoms with Gasteiger partial charge in [0.15, 0.2) is 5.96 Å². The standard InChI is InChI=1S/C21H37N5OS/c1-4-22-20(23-11-8-19-17(2)25-18(3)28-19)24-16-21(9-6-5-7-10-21)26-12-14-27-15-13-26/h4-16H2,1-3H3,(H2,22,23,24). The maximum absolute atomic E-state index is 5.60. The highest BCUT2D eigenvalue weighted by atomic mass is 32.1. The number of morpholine rings is 1. The summed E-state index contributed by atoms with van der Waals surface area (Å²) >= 11 is 1.80. The molecule has 0 radical (unpaired) electrons. The zero-order chi connectivity index (χ0) is 19.8. The summed E-state index contributed by atoms with van der Waals surface area (Å²) in [6.07, 6.45) is 7.52. The van der Waals surface area contributed by atoms with Crippen LogP contribution in [0.5, 0.6) is 0 Å². The first-order valence-electron chi connectivity index (χ1n) is 10.9. The SMILES string of the molecule is CCNC(=NCC1(N2CCOCC2)CCCCC1)NCCc1sc(C)nc1C. The van der Waals surface area contributed by atoms with Crippen molar-refractivity contribution in [2.24, 2.45) is 4.99 Å². The predicted octanol–water partition coefficient (Wildman–Crippen LogP) is 2.89. The number of aliphatic imine (C=N–C) groups is 1. The Morgan fingerprint density at radius 3 is 2.57 bits per heavy atom. The molecule has 0 unspecified atom stereocenters. The molecular weight excluding hydrogens is 370 g/mol. The monoisotopic (exact) mass is 407 g/mol.